The second-order valence-electron chi connectivity index (χ2n) is 7.65. The molecule has 0 radical (unpaired) electrons. The lowest BCUT2D eigenvalue weighted by atomic mass is 9.88. The lowest BCUT2D eigenvalue weighted by molar-refractivity contribution is 0.281. The first-order valence-corrected chi connectivity index (χ1v) is 10.5. The zero-order valence-electron chi connectivity index (χ0n) is 18.1. The first kappa shape index (κ1) is 21.7. The van der Waals surface area contributed by atoms with Gasteiger partial charge in [-0.2, -0.15) is 0 Å². The van der Waals surface area contributed by atoms with Gasteiger partial charge in [0.25, 0.3) is 0 Å². The Balaban J connectivity index is 1.95. The average molecular weight is 402 g/mol. The normalized spacial score (nSPS) is 12.0. The first-order chi connectivity index (χ1) is 14.6. The highest BCUT2D eigenvalue weighted by molar-refractivity contribution is 5.98. The van der Waals surface area contributed by atoms with Crippen LogP contribution in [0, 0.1) is 0 Å². The summed E-state index contributed by atoms with van der Waals surface area (Å²) in [6.45, 7) is 3.91. The average Bonchev–Trinajstić information content (AvgIpc) is 2.77. The van der Waals surface area contributed by atoms with Gasteiger partial charge in [-0.25, -0.2) is 0 Å². The van der Waals surface area contributed by atoms with Crippen molar-refractivity contribution in [1.82, 2.24) is 4.90 Å². The van der Waals surface area contributed by atoms with Gasteiger partial charge >= 0.3 is 0 Å². The molecule has 0 amide bonds. The van der Waals surface area contributed by atoms with E-state index < -0.39 is 0 Å². The summed E-state index contributed by atoms with van der Waals surface area (Å²) in [5.74, 6) is 1.16. The molecule has 3 rings (SSSR count). The van der Waals surface area contributed by atoms with E-state index in [1.54, 1.807) is 12.1 Å². The van der Waals surface area contributed by atoms with E-state index in [1.807, 2.05) is 30.3 Å². The summed E-state index contributed by atoms with van der Waals surface area (Å²) in [5.41, 5.74) is 5.91. The molecule has 0 aliphatic rings. The number of benzene rings is 3. The summed E-state index contributed by atoms with van der Waals surface area (Å²) in [5, 5.41) is 9.76. The van der Waals surface area contributed by atoms with Gasteiger partial charge in [-0.3, -0.25) is 0 Å². The van der Waals surface area contributed by atoms with Crippen LogP contribution < -0.4 is 4.74 Å². The molecule has 1 N–H and O–H groups in total. The zero-order chi connectivity index (χ0) is 21.3. The smallest absolute Gasteiger partial charge is 0.119 e. The Morgan fingerprint density at radius 3 is 1.97 bits per heavy atom. The molecule has 0 spiro atoms. The van der Waals surface area contributed by atoms with Crippen molar-refractivity contribution in [2.24, 2.45) is 0 Å². The van der Waals surface area contributed by atoms with Crippen molar-refractivity contribution < 1.29 is 9.84 Å². The summed E-state index contributed by atoms with van der Waals surface area (Å²) >= 11 is 0. The minimum absolute atomic E-state index is 0.275. The molecule has 0 fully saturated rings. The fourth-order valence-corrected chi connectivity index (χ4v) is 3.60. The SMILES string of the molecule is CC/C(=C(\c1ccc(O)cc1)c1ccc(OCCCN(C)C)cc1)c1ccccc1. The van der Waals surface area contributed by atoms with E-state index in [2.05, 4.69) is 62.3 Å². The van der Waals surface area contributed by atoms with Crippen LogP contribution in [0.2, 0.25) is 0 Å². The van der Waals surface area contributed by atoms with Crippen molar-refractivity contribution in [3.8, 4) is 11.5 Å². The predicted octanol–water partition coefficient (Wildman–Crippen LogP) is 6.09. The van der Waals surface area contributed by atoms with Crippen molar-refractivity contribution >= 4 is 11.1 Å². The van der Waals surface area contributed by atoms with Gasteiger partial charge in [-0.1, -0.05) is 61.5 Å². The number of hydrogen-bond donors (Lipinski definition) is 1. The maximum Gasteiger partial charge on any atom is 0.119 e. The zero-order valence-corrected chi connectivity index (χ0v) is 18.1. The topological polar surface area (TPSA) is 32.7 Å². The Hall–Kier alpha value is -3.04. The summed E-state index contributed by atoms with van der Waals surface area (Å²) in [6, 6.07) is 26.3. The van der Waals surface area contributed by atoms with E-state index in [9.17, 15) is 5.11 Å². The van der Waals surface area contributed by atoms with Crippen LogP contribution >= 0.6 is 0 Å². The van der Waals surface area contributed by atoms with Crippen LogP contribution in [0.3, 0.4) is 0 Å². The van der Waals surface area contributed by atoms with E-state index in [1.165, 1.54) is 16.7 Å². The van der Waals surface area contributed by atoms with Crippen LogP contribution in [0.5, 0.6) is 11.5 Å². The van der Waals surface area contributed by atoms with Gasteiger partial charge in [0.05, 0.1) is 6.61 Å². The van der Waals surface area contributed by atoms with E-state index in [4.69, 9.17) is 4.74 Å². The summed E-state index contributed by atoms with van der Waals surface area (Å²) in [6.07, 6.45) is 1.91. The fourth-order valence-electron chi connectivity index (χ4n) is 3.60. The third-order valence-electron chi connectivity index (χ3n) is 5.09. The molecule has 3 nitrogen and oxygen atoms in total. The number of nitrogens with zero attached hydrogens (tertiary/aromatic N) is 1. The molecule has 0 aromatic heterocycles. The lowest BCUT2D eigenvalue weighted by Crippen LogP contribution is -2.15. The van der Waals surface area contributed by atoms with Crippen molar-refractivity contribution in [2.45, 2.75) is 19.8 Å². The first-order valence-electron chi connectivity index (χ1n) is 10.5. The number of ether oxygens (including phenoxy) is 1. The van der Waals surface area contributed by atoms with Crippen molar-refractivity contribution in [2.75, 3.05) is 27.2 Å². The highest BCUT2D eigenvalue weighted by Crippen LogP contribution is 2.35. The molecule has 3 aromatic rings. The van der Waals surface area contributed by atoms with Crippen molar-refractivity contribution in [3.63, 3.8) is 0 Å². The molecule has 0 aliphatic carbocycles. The lowest BCUT2D eigenvalue weighted by Gasteiger charge is -2.17. The standard InChI is InChI=1S/C27H31NO2/c1-4-26(21-9-6-5-7-10-21)27(22-11-15-24(29)16-12-22)23-13-17-25(18-14-23)30-20-8-19-28(2)3/h5-7,9-18,29H,4,8,19-20H2,1-3H3/b27-26-. The predicted molar refractivity (Wildman–Crippen MR) is 126 cm³/mol. The molecule has 0 saturated heterocycles. The summed E-state index contributed by atoms with van der Waals surface area (Å²) in [4.78, 5) is 2.16. The highest BCUT2D eigenvalue weighted by atomic mass is 16.5. The third-order valence-corrected chi connectivity index (χ3v) is 5.09. The molecule has 0 aliphatic heterocycles. The van der Waals surface area contributed by atoms with Gasteiger partial charge in [-0.15, -0.1) is 0 Å². The van der Waals surface area contributed by atoms with Gasteiger partial charge in [0.2, 0.25) is 0 Å². The minimum atomic E-state index is 0.275. The second kappa shape index (κ2) is 10.7. The van der Waals surface area contributed by atoms with Crippen LogP contribution in [0.4, 0.5) is 0 Å². The monoisotopic (exact) mass is 401 g/mol. The number of aromatic hydroxyl groups is 1. The van der Waals surface area contributed by atoms with Crippen LogP contribution in [-0.2, 0) is 0 Å². The van der Waals surface area contributed by atoms with E-state index in [0.29, 0.717) is 6.61 Å². The van der Waals surface area contributed by atoms with Crippen molar-refractivity contribution in [3.05, 3.63) is 95.6 Å². The fraction of sp³-hybridized carbons (Fsp3) is 0.259. The molecule has 156 valence electrons. The summed E-state index contributed by atoms with van der Waals surface area (Å²) < 4.78 is 5.91. The number of rotatable bonds is 9. The van der Waals surface area contributed by atoms with Gasteiger partial charge in [0.1, 0.15) is 11.5 Å². The van der Waals surface area contributed by atoms with Crippen LogP contribution in [-0.4, -0.2) is 37.3 Å². The molecule has 0 bridgehead atoms. The molecule has 0 unspecified atom stereocenters. The highest BCUT2D eigenvalue weighted by Gasteiger charge is 2.13. The van der Waals surface area contributed by atoms with Gasteiger partial charge < -0.3 is 14.7 Å². The van der Waals surface area contributed by atoms with Gasteiger partial charge in [0.15, 0.2) is 0 Å². The van der Waals surface area contributed by atoms with Crippen LogP contribution in [0.1, 0.15) is 36.5 Å². The Labute approximate surface area is 180 Å². The molecule has 3 aromatic carbocycles. The summed E-state index contributed by atoms with van der Waals surface area (Å²) in [7, 11) is 4.15. The Bertz CT molecular complexity index is 942. The molecule has 3 heteroatoms. The van der Waals surface area contributed by atoms with E-state index in [0.717, 1.165) is 36.3 Å². The van der Waals surface area contributed by atoms with E-state index in [-0.39, 0.29) is 5.75 Å². The maximum atomic E-state index is 9.76. The molecule has 0 heterocycles. The van der Waals surface area contributed by atoms with Crippen molar-refractivity contribution in [1.29, 1.82) is 0 Å². The Kier molecular flexibility index (Phi) is 7.69. The number of phenolic OH excluding ortho intramolecular Hbond substituents is 1. The molecular formula is C27H31NO2. The maximum absolute atomic E-state index is 9.76. The van der Waals surface area contributed by atoms with E-state index >= 15 is 0 Å². The van der Waals surface area contributed by atoms with Crippen LogP contribution in [0.15, 0.2) is 78.9 Å². The number of allylic oxidation sites excluding steroid dienone is 1. The quantitative estimate of drug-likeness (QED) is 0.348. The number of phenols is 1. The molecule has 0 atom stereocenters. The van der Waals surface area contributed by atoms with Crippen LogP contribution in [0.25, 0.3) is 11.1 Å². The minimum Gasteiger partial charge on any atom is -0.508 e. The Morgan fingerprint density at radius 1 is 0.800 bits per heavy atom. The van der Waals surface area contributed by atoms with Gasteiger partial charge in [0, 0.05) is 6.54 Å². The molecule has 0 saturated carbocycles. The second-order valence-corrected chi connectivity index (χ2v) is 7.65. The Morgan fingerprint density at radius 2 is 1.40 bits per heavy atom. The molecular weight excluding hydrogens is 370 g/mol. The largest absolute Gasteiger partial charge is 0.508 e. The molecule has 30 heavy (non-hydrogen) atoms. The van der Waals surface area contributed by atoms with Gasteiger partial charge in [-0.05, 0) is 79.0 Å². The third kappa shape index (κ3) is 5.74. The number of hydrogen-bond acceptors (Lipinski definition) is 3.